The molecule has 0 spiro atoms. The number of aromatic hydroxyl groups is 1. The molecule has 0 amide bonds. The Hall–Kier alpha value is -3.26. The highest BCUT2D eigenvalue weighted by atomic mass is 16.5. The first-order valence-electron chi connectivity index (χ1n) is 10.7. The van der Waals surface area contributed by atoms with E-state index in [1.165, 1.54) is 25.9 Å². The molecule has 31 heavy (non-hydrogen) atoms. The molecule has 1 saturated heterocycles. The molecule has 0 atom stereocenters. The van der Waals surface area contributed by atoms with Crippen molar-refractivity contribution in [3.05, 3.63) is 45.9 Å². The van der Waals surface area contributed by atoms with Crippen LogP contribution in [-0.4, -0.2) is 56.9 Å². The van der Waals surface area contributed by atoms with Gasteiger partial charge in [0.05, 0.1) is 12.3 Å². The first kappa shape index (κ1) is 19.7. The van der Waals surface area contributed by atoms with E-state index in [2.05, 4.69) is 26.7 Å². The van der Waals surface area contributed by atoms with E-state index in [4.69, 9.17) is 4.74 Å². The van der Waals surface area contributed by atoms with Gasteiger partial charge in [-0.05, 0) is 62.7 Å². The molecule has 3 N–H and O–H groups in total. The number of hydrogen-bond donors (Lipinski definition) is 3. The summed E-state index contributed by atoms with van der Waals surface area (Å²) in [5, 5.41) is 20.7. The molecule has 3 aromatic rings. The van der Waals surface area contributed by atoms with Crippen molar-refractivity contribution in [2.45, 2.75) is 32.2 Å². The summed E-state index contributed by atoms with van der Waals surface area (Å²) in [6.45, 7) is 4.73. The minimum absolute atomic E-state index is 0.0140. The second-order valence-electron chi connectivity index (χ2n) is 8.27. The van der Waals surface area contributed by atoms with Gasteiger partial charge in [-0.1, -0.05) is 0 Å². The normalized spacial score (nSPS) is 16.0. The van der Waals surface area contributed by atoms with E-state index in [-0.39, 0.29) is 12.4 Å². The number of benzene rings is 1. The van der Waals surface area contributed by atoms with Crippen LogP contribution in [0.15, 0.2) is 29.2 Å². The Morgan fingerprint density at radius 3 is 2.77 bits per heavy atom. The lowest BCUT2D eigenvalue weighted by Crippen LogP contribution is -2.21. The molecule has 4 heterocycles. The molecule has 8 nitrogen and oxygen atoms in total. The van der Waals surface area contributed by atoms with Gasteiger partial charge in [0.1, 0.15) is 0 Å². The Labute approximate surface area is 178 Å². The number of carboxylic acid groups (broad SMARTS) is 1. The van der Waals surface area contributed by atoms with Gasteiger partial charge in [-0.3, -0.25) is 4.79 Å². The van der Waals surface area contributed by atoms with Crippen LogP contribution in [-0.2, 0) is 13.0 Å². The minimum atomic E-state index is -1.49. The summed E-state index contributed by atoms with van der Waals surface area (Å²) in [6.07, 6.45) is 6.36. The summed E-state index contributed by atoms with van der Waals surface area (Å²) >= 11 is 0. The molecule has 0 saturated carbocycles. The van der Waals surface area contributed by atoms with Crippen molar-refractivity contribution < 1.29 is 19.7 Å². The first-order valence-corrected chi connectivity index (χ1v) is 10.7. The molecule has 2 aliphatic rings. The molecule has 8 heteroatoms. The number of H-pyrrole nitrogens is 1. The van der Waals surface area contributed by atoms with Gasteiger partial charge in [0.25, 0.3) is 5.56 Å². The zero-order chi connectivity index (χ0) is 21.5. The number of nitrogens with zero attached hydrogens (tertiary/aromatic N) is 2. The number of ether oxygens (including phenoxy) is 1. The average Bonchev–Trinajstić information content (AvgIpc) is 3.34. The van der Waals surface area contributed by atoms with Gasteiger partial charge >= 0.3 is 5.97 Å². The third kappa shape index (κ3) is 3.46. The number of rotatable bonds is 5. The summed E-state index contributed by atoms with van der Waals surface area (Å²) in [5.74, 6) is -2.10. The van der Waals surface area contributed by atoms with Crippen molar-refractivity contribution in [1.29, 1.82) is 0 Å². The Balaban J connectivity index is 1.51. The molecule has 0 aliphatic carbocycles. The Kier molecular flexibility index (Phi) is 4.94. The number of likely N-dealkylation sites (tertiary alicyclic amines) is 1. The molecule has 162 valence electrons. The highest BCUT2D eigenvalue weighted by Crippen LogP contribution is 2.41. The number of aryl methyl sites for hydroxylation is 1. The molecular weight excluding hydrogens is 398 g/mol. The Morgan fingerprint density at radius 1 is 1.19 bits per heavy atom. The van der Waals surface area contributed by atoms with Crippen molar-refractivity contribution >= 4 is 16.9 Å². The number of fused-ring (bicyclic) bond motifs is 4. The fourth-order valence-electron chi connectivity index (χ4n) is 4.75. The van der Waals surface area contributed by atoms with Crippen LogP contribution in [0.2, 0.25) is 0 Å². The number of pyridine rings is 1. The lowest BCUT2D eigenvalue weighted by Gasteiger charge is -2.15. The van der Waals surface area contributed by atoms with Gasteiger partial charge in [-0.2, -0.15) is 0 Å². The summed E-state index contributed by atoms with van der Waals surface area (Å²) in [6, 6.07) is 6.13. The van der Waals surface area contributed by atoms with Crippen LogP contribution >= 0.6 is 0 Å². The predicted octanol–water partition coefficient (Wildman–Crippen LogP) is 2.82. The van der Waals surface area contributed by atoms with Crippen LogP contribution in [0.3, 0.4) is 0 Å². The minimum Gasteiger partial charge on any atom is -0.503 e. The molecule has 0 unspecified atom stereocenters. The molecule has 0 bridgehead atoms. The van der Waals surface area contributed by atoms with Crippen LogP contribution < -0.4 is 10.3 Å². The summed E-state index contributed by atoms with van der Waals surface area (Å²) in [7, 11) is 0. The van der Waals surface area contributed by atoms with Crippen molar-refractivity contribution in [2.24, 2.45) is 0 Å². The van der Waals surface area contributed by atoms with Crippen LogP contribution in [0.25, 0.3) is 22.2 Å². The third-order valence-electron chi connectivity index (χ3n) is 6.31. The summed E-state index contributed by atoms with van der Waals surface area (Å²) < 4.78 is 7.92. The van der Waals surface area contributed by atoms with Crippen molar-refractivity contribution in [2.75, 3.05) is 26.2 Å². The average molecular weight is 423 g/mol. The van der Waals surface area contributed by atoms with Gasteiger partial charge < -0.3 is 29.4 Å². The van der Waals surface area contributed by atoms with Gasteiger partial charge in [0, 0.05) is 35.6 Å². The highest BCUT2D eigenvalue weighted by molar-refractivity contribution is 5.94. The van der Waals surface area contributed by atoms with Crippen molar-refractivity contribution in [3.8, 4) is 22.8 Å². The van der Waals surface area contributed by atoms with Gasteiger partial charge in [-0.15, -0.1) is 0 Å². The molecule has 1 aromatic carbocycles. The van der Waals surface area contributed by atoms with Gasteiger partial charge in [0.2, 0.25) is 0 Å². The van der Waals surface area contributed by atoms with E-state index in [1.807, 2.05) is 12.1 Å². The molecule has 5 rings (SSSR count). The van der Waals surface area contributed by atoms with E-state index < -0.39 is 22.8 Å². The first-order chi connectivity index (χ1) is 15.0. The lowest BCUT2D eigenvalue weighted by molar-refractivity contribution is 0.0690. The van der Waals surface area contributed by atoms with Crippen LogP contribution in [0.1, 0.15) is 35.2 Å². The molecule has 1 fully saturated rings. The smallest absolute Gasteiger partial charge is 0.345 e. The second kappa shape index (κ2) is 7.77. The van der Waals surface area contributed by atoms with Crippen LogP contribution in [0, 0.1) is 0 Å². The Morgan fingerprint density at radius 2 is 2.00 bits per heavy atom. The van der Waals surface area contributed by atoms with E-state index >= 15 is 0 Å². The third-order valence-corrected chi connectivity index (χ3v) is 6.31. The Bertz CT molecular complexity index is 1220. The zero-order valence-electron chi connectivity index (χ0n) is 17.2. The second-order valence-corrected chi connectivity index (χ2v) is 8.27. The molecule has 2 aromatic heterocycles. The number of aromatic carboxylic acids is 1. The van der Waals surface area contributed by atoms with E-state index in [1.54, 1.807) is 0 Å². The quantitative estimate of drug-likeness (QED) is 0.583. The van der Waals surface area contributed by atoms with Crippen molar-refractivity contribution in [3.63, 3.8) is 0 Å². The highest BCUT2D eigenvalue weighted by Gasteiger charge is 2.27. The standard InChI is InChI=1S/C23H25N3O5/c27-20-18(23(29)30)22(28)24-19-16-12-15-4-10-26(9-3-8-25-6-1-2-7-25)17(15)13-14(16)5-11-31-21(19)20/h4,10,12-13H,1-3,5-9,11H2,(H,29,30)(H2,24,27,28). The lowest BCUT2D eigenvalue weighted by atomic mass is 9.99. The maximum atomic E-state index is 12.3. The van der Waals surface area contributed by atoms with Crippen LogP contribution in [0.5, 0.6) is 11.5 Å². The topological polar surface area (TPSA) is 108 Å². The van der Waals surface area contributed by atoms with Gasteiger partial charge in [-0.25, -0.2) is 4.79 Å². The van der Waals surface area contributed by atoms with E-state index in [0.29, 0.717) is 12.1 Å². The monoisotopic (exact) mass is 423 g/mol. The largest absolute Gasteiger partial charge is 0.503 e. The molecular formula is C23H25N3O5. The number of carboxylic acids is 1. The molecule has 0 radical (unpaired) electrons. The summed E-state index contributed by atoms with van der Waals surface area (Å²) in [5.41, 5.74) is 1.64. The van der Waals surface area contributed by atoms with E-state index in [9.17, 15) is 19.8 Å². The van der Waals surface area contributed by atoms with Gasteiger partial charge in [0.15, 0.2) is 17.1 Å². The zero-order valence-corrected chi connectivity index (χ0v) is 17.2. The summed E-state index contributed by atoms with van der Waals surface area (Å²) in [4.78, 5) is 28.8. The van der Waals surface area contributed by atoms with Crippen LogP contribution in [0.4, 0.5) is 0 Å². The number of carbonyl (C=O) groups is 1. The maximum absolute atomic E-state index is 12.3. The number of hydrogen-bond acceptors (Lipinski definition) is 5. The SMILES string of the molecule is O=C(O)c1c(O)c2c([nH]c1=O)-c1cc3ccn(CCCN4CCCC4)c3cc1CCO2. The van der Waals surface area contributed by atoms with E-state index in [0.717, 1.165) is 41.5 Å². The maximum Gasteiger partial charge on any atom is 0.345 e. The van der Waals surface area contributed by atoms with Crippen molar-refractivity contribution in [1.82, 2.24) is 14.5 Å². The number of aromatic nitrogens is 2. The number of nitrogens with one attached hydrogen (secondary N) is 1. The fraction of sp³-hybridized carbons (Fsp3) is 0.391. The predicted molar refractivity (Wildman–Crippen MR) is 116 cm³/mol. The fourth-order valence-corrected chi connectivity index (χ4v) is 4.75. The number of aromatic amines is 1. The molecule has 2 aliphatic heterocycles.